The molecule has 2 aromatic carbocycles. The molecule has 2 N–H and O–H groups in total. The van der Waals surface area contributed by atoms with Gasteiger partial charge < -0.3 is 5.32 Å². The summed E-state index contributed by atoms with van der Waals surface area (Å²) in [6.07, 6.45) is 1.73. The van der Waals surface area contributed by atoms with Crippen LogP contribution in [0.4, 0.5) is 10.5 Å². The van der Waals surface area contributed by atoms with Gasteiger partial charge in [-0.05, 0) is 43.9 Å². The van der Waals surface area contributed by atoms with Gasteiger partial charge in [0.2, 0.25) is 0 Å². The highest BCUT2D eigenvalue weighted by Crippen LogP contribution is 2.24. The highest BCUT2D eigenvalue weighted by molar-refractivity contribution is 5.94. The summed E-state index contributed by atoms with van der Waals surface area (Å²) in [4.78, 5) is 12.3. The molecule has 1 fully saturated rings. The molecule has 2 aromatic rings. The maximum atomic E-state index is 12.3. The first-order chi connectivity index (χ1) is 10.6. The summed E-state index contributed by atoms with van der Waals surface area (Å²) in [5, 5.41) is 4.66. The van der Waals surface area contributed by atoms with Crippen LogP contribution < -0.4 is 15.8 Å². The van der Waals surface area contributed by atoms with Crippen LogP contribution in [0.25, 0.3) is 0 Å². The first-order valence-corrected chi connectivity index (χ1v) is 7.57. The van der Waals surface area contributed by atoms with Crippen molar-refractivity contribution in [2.24, 2.45) is 0 Å². The van der Waals surface area contributed by atoms with Gasteiger partial charge in [0, 0.05) is 0 Å². The van der Waals surface area contributed by atoms with Crippen molar-refractivity contribution in [3.63, 3.8) is 0 Å². The minimum absolute atomic E-state index is 0.107. The summed E-state index contributed by atoms with van der Waals surface area (Å²) in [5.41, 5.74) is 6.11. The Hall–Kier alpha value is -2.33. The molecule has 0 spiro atoms. The molecule has 1 heterocycles. The van der Waals surface area contributed by atoms with Gasteiger partial charge in [0.1, 0.15) is 5.66 Å². The third-order valence-electron chi connectivity index (χ3n) is 4.06. The minimum atomic E-state index is -0.435. The summed E-state index contributed by atoms with van der Waals surface area (Å²) in [5.74, 6) is 0. The van der Waals surface area contributed by atoms with Crippen LogP contribution in [0, 0.1) is 6.92 Å². The molecule has 1 aliphatic heterocycles. The van der Waals surface area contributed by atoms with Crippen molar-refractivity contribution in [2.45, 2.75) is 32.4 Å². The van der Waals surface area contributed by atoms with Gasteiger partial charge in [0.25, 0.3) is 0 Å². The quantitative estimate of drug-likeness (QED) is 0.908. The largest absolute Gasteiger partial charge is 0.338 e. The molecule has 0 aromatic heterocycles. The van der Waals surface area contributed by atoms with Gasteiger partial charge in [-0.1, -0.05) is 48.5 Å². The Balaban J connectivity index is 1.72. The van der Waals surface area contributed by atoms with Crippen molar-refractivity contribution >= 4 is 11.7 Å². The number of para-hydroxylation sites is 1. The molecule has 1 saturated heterocycles. The van der Waals surface area contributed by atoms with E-state index < -0.39 is 5.66 Å². The molecule has 0 unspecified atom stereocenters. The van der Waals surface area contributed by atoms with Gasteiger partial charge in [0.05, 0.1) is 5.69 Å². The predicted molar refractivity (Wildman–Crippen MR) is 88.5 cm³/mol. The molecule has 4 nitrogen and oxygen atoms in total. The lowest BCUT2D eigenvalue weighted by Crippen LogP contribution is -2.49. The Kier molecular flexibility index (Phi) is 3.86. The Morgan fingerprint density at radius 2 is 1.73 bits per heavy atom. The van der Waals surface area contributed by atoms with Crippen molar-refractivity contribution in [3.8, 4) is 0 Å². The lowest BCUT2D eigenvalue weighted by Gasteiger charge is -2.25. The van der Waals surface area contributed by atoms with Crippen LogP contribution >= 0.6 is 0 Å². The van der Waals surface area contributed by atoms with Gasteiger partial charge in [-0.3, -0.25) is 0 Å². The van der Waals surface area contributed by atoms with E-state index in [1.165, 1.54) is 5.56 Å². The number of aryl methyl sites for hydroxylation is 2. The normalized spacial score (nSPS) is 21.0. The summed E-state index contributed by atoms with van der Waals surface area (Å²) in [6.45, 7) is 4.02. The van der Waals surface area contributed by atoms with E-state index >= 15 is 0 Å². The number of benzene rings is 2. The van der Waals surface area contributed by atoms with Gasteiger partial charge in [-0.2, -0.15) is 0 Å². The number of amides is 2. The van der Waals surface area contributed by atoms with E-state index in [0.717, 1.165) is 24.1 Å². The average molecular weight is 295 g/mol. The fourth-order valence-corrected chi connectivity index (χ4v) is 2.76. The zero-order chi connectivity index (χ0) is 15.6. The Labute approximate surface area is 131 Å². The number of nitrogens with zero attached hydrogens (tertiary/aromatic N) is 1. The molecule has 1 atom stereocenters. The standard InChI is InChI=1S/C18H21N3O/c1-14-8-6-7-11-16(14)21-17(22)19-18(2,20-21)13-12-15-9-4-3-5-10-15/h3-11,20H,12-13H2,1-2H3,(H,19,22)/t18-/m0/s1. The van der Waals surface area contributed by atoms with Gasteiger partial charge in [-0.15, -0.1) is 0 Å². The van der Waals surface area contributed by atoms with Crippen LogP contribution in [-0.2, 0) is 6.42 Å². The second-order valence-corrected chi connectivity index (χ2v) is 5.98. The number of hydrogen-bond donors (Lipinski definition) is 2. The maximum Gasteiger partial charge on any atom is 0.338 e. The van der Waals surface area contributed by atoms with Crippen LogP contribution in [0.5, 0.6) is 0 Å². The van der Waals surface area contributed by atoms with Gasteiger partial charge in [0.15, 0.2) is 0 Å². The third kappa shape index (κ3) is 2.97. The molecule has 114 valence electrons. The topological polar surface area (TPSA) is 44.4 Å². The molecule has 22 heavy (non-hydrogen) atoms. The van der Waals surface area contributed by atoms with Crippen LogP contribution in [0.3, 0.4) is 0 Å². The van der Waals surface area contributed by atoms with Gasteiger partial charge in [-0.25, -0.2) is 15.2 Å². The first kappa shape index (κ1) is 14.6. The van der Waals surface area contributed by atoms with Crippen molar-refractivity contribution in [1.82, 2.24) is 10.7 Å². The van der Waals surface area contributed by atoms with Crippen LogP contribution in [0.15, 0.2) is 54.6 Å². The molecular formula is C18H21N3O. The second-order valence-electron chi connectivity index (χ2n) is 5.98. The van der Waals surface area contributed by atoms with E-state index in [9.17, 15) is 4.79 Å². The summed E-state index contributed by atoms with van der Waals surface area (Å²) >= 11 is 0. The number of carbonyl (C=O) groups excluding carboxylic acids is 1. The monoisotopic (exact) mass is 295 g/mol. The lowest BCUT2D eigenvalue weighted by molar-refractivity contribution is 0.246. The van der Waals surface area contributed by atoms with Crippen LogP contribution in [0.2, 0.25) is 0 Å². The molecular weight excluding hydrogens is 274 g/mol. The van der Waals surface area contributed by atoms with E-state index in [1.54, 1.807) is 5.01 Å². The van der Waals surface area contributed by atoms with Crippen LogP contribution in [0.1, 0.15) is 24.5 Å². The highest BCUT2D eigenvalue weighted by atomic mass is 16.2. The molecule has 0 aliphatic carbocycles. The molecule has 0 bridgehead atoms. The van der Waals surface area contributed by atoms with E-state index in [-0.39, 0.29) is 6.03 Å². The SMILES string of the molecule is Cc1ccccc1N1N[C@@](C)(CCc2ccccc2)NC1=O. The number of urea groups is 1. The van der Waals surface area contributed by atoms with E-state index in [4.69, 9.17) is 0 Å². The number of carbonyl (C=O) groups is 1. The molecule has 0 radical (unpaired) electrons. The fraction of sp³-hybridized carbons (Fsp3) is 0.278. The summed E-state index contributed by atoms with van der Waals surface area (Å²) in [7, 11) is 0. The zero-order valence-electron chi connectivity index (χ0n) is 13.0. The Bertz CT molecular complexity index is 671. The van der Waals surface area contributed by atoms with E-state index in [2.05, 4.69) is 22.9 Å². The summed E-state index contributed by atoms with van der Waals surface area (Å²) in [6, 6.07) is 18.1. The Morgan fingerprint density at radius 3 is 2.45 bits per heavy atom. The van der Waals surface area contributed by atoms with E-state index in [0.29, 0.717) is 0 Å². The van der Waals surface area contributed by atoms with Crippen molar-refractivity contribution in [3.05, 3.63) is 65.7 Å². The van der Waals surface area contributed by atoms with Gasteiger partial charge >= 0.3 is 6.03 Å². The Morgan fingerprint density at radius 1 is 1.05 bits per heavy atom. The molecule has 2 amide bonds. The smallest absolute Gasteiger partial charge is 0.317 e. The number of hydrazine groups is 1. The lowest BCUT2D eigenvalue weighted by atomic mass is 10.0. The van der Waals surface area contributed by atoms with Crippen molar-refractivity contribution < 1.29 is 4.79 Å². The molecule has 1 aliphatic rings. The second kappa shape index (κ2) is 5.81. The van der Waals surface area contributed by atoms with Crippen LogP contribution in [-0.4, -0.2) is 11.7 Å². The predicted octanol–water partition coefficient (Wildman–Crippen LogP) is 3.38. The van der Waals surface area contributed by atoms with Crippen molar-refractivity contribution in [1.29, 1.82) is 0 Å². The number of rotatable bonds is 4. The molecule has 4 heteroatoms. The highest BCUT2D eigenvalue weighted by Gasteiger charge is 2.38. The first-order valence-electron chi connectivity index (χ1n) is 7.57. The molecule has 0 saturated carbocycles. The average Bonchev–Trinajstić information content (AvgIpc) is 2.82. The minimum Gasteiger partial charge on any atom is -0.317 e. The number of nitrogens with one attached hydrogen (secondary N) is 2. The number of hydrogen-bond acceptors (Lipinski definition) is 2. The van der Waals surface area contributed by atoms with E-state index in [1.807, 2.05) is 56.3 Å². The zero-order valence-corrected chi connectivity index (χ0v) is 13.0. The fourth-order valence-electron chi connectivity index (χ4n) is 2.76. The molecule has 3 rings (SSSR count). The summed E-state index contributed by atoms with van der Waals surface area (Å²) < 4.78 is 0. The maximum absolute atomic E-state index is 12.3. The number of anilines is 1. The third-order valence-corrected chi connectivity index (χ3v) is 4.06. The van der Waals surface area contributed by atoms with Crippen molar-refractivity contribution in [2.75, 3.05) is 5.01 Å².